The number of hydrogen-bond donors (Lipinski definition) is 2. The Labute approximate surface area is 103 Å². The number of nitrogen functional groups attached to an aromatic ring is 1. The molecule has 2 aromatic rings. The lowest BCUT2D eigenvalue weighted by atomic mass is 10.2. The molecule has 2 rings (SSSR count). The van der Waals surface area contributed by atoms with Crippen LogP contribution in [0, 0.1) is 0 Å². The molecule has 0 aliphatic carbocycles. The van der Waals surface area contributed by atoms with Crippen LogP contribution in [0.2, 0.25) is 0 Å². The van der Waals surface area contributed by atoms with Gasteiger partial charge in [0.25, 0.3) is 0 Å². The third-order valence-electron chi connectivity index (χ3n) is 2.29. The zero-order valence-electron chi connectivity index (χ0n) is 9.22. The van der Waals surface area contributed by atoms with Crippen molar-refractivity contribution in [1.29, 1.82) is 0 Å². The molecule has 0 saturated carbocycles. The minimum absolute atomic E-state index is 0.0206. The van der Waals surface area contributed by atoms with Crippen LogP contribution in [0.15, 0.2) is 35.2 Å². The van der Waals surface area contributed by atoms with Crippen molar-refractivity contribution in [2.75, 3.05) is 5.73 Å². The van der Waals surface area contributed by atoms with E-state index in [0.717, 1.165) is 16.9 Å². The van der Waals surface area contributed by atoms with E-state index in [1.165, 1.54) is 11.3 Å². The van der Waals surface area contributed by atoms with E-state index in [4.69, 9.17) is 5.73 Å². The molecule has 88 valence electrons. The molecule has 5 heteroatoms. The number of aromatic nitrogens is 1. The molecule has 0 bridgehead atoms. The molecule has 0 aliphatic rings. The Morgan fingerprint density at radius 3 is 2.76 bits per heavy atom. The number of nitrogens with two attached hydrogens (primary N) is 1. The fourth-order valence-electron chi connectivity index (χ4n) is 1.39. The SMILES string of the molecule is Nc1ccc(CNC(=O)Cc2cscn2)cc1. The summed E-state index contributed by atoms with van der Waals surface area (Å²) in [5.41, 5.74) is 9.87. The molecule has 4 nitrogen and oxygen atoms in total. The maximum Gasteiger partial charge on any atom is 0.226 e. The van der Waals surface area contributed by atoms with Crippen molar-refractivity contribution in [1.82, 2.24) is 10.3 Å². The number of thiazole rings is 1. The first kappa shape index (κ1) is 11.6. The molecule has 0 atom stereocenters. The number of carbonyl (C=O) groups excluding carboxylic acids is 1. The molecule has 0 spiro atoms. The van der Waals surface area contributed by atoms with Crippen LogP contribution >= 0.6 is 11.3 Å². The first-order valence-electron chi connectivity index (χ1n) is 5.22. The molecule has 1 heterocycles. The van der Waals surface area contributed by atoms with Crippen molar-refractivity contribution in [2.45, 2.75) is 13.0 Å². The number of hydrogen-bond acceptors (Lipinski definition) is 4. The van der Waals surface area contributed by atoms with E-state index in [1.54, 1.807) is 5.51 Å². The van der Waals surface area contributed by atoms with Crippen LogP contribution in [0.4, 0.5) is 5.69 Å². The normalized spacial score (nSPS) is 10.1. The third-order valence-corrected chi connectivity index (χ3v) is 2.93. The van der Waals surface area contributed by atoms with Gasteiger partial charge in [-0.3, -0.25) is 4.79 Å². The number of carbonyl (C=O) groups is 1. The van der Waals surface area contributed by atoms with E-state index < -0.39 is 0 Å². The fourth-order valence-corrected chi connectivity index (χ4v) is 1.95. The molecule has 0 saturated heterocycles. The summed E-state index contributed by atoms with van der Waals surface area (Å²) in [4.78, 5) is 15.6. The monoisotopic (exact) mass is 247 g/mol. The summed E-state index contributed by atoms with van der Waals surface area (Å²) in [6, 6.07) is 7.45. The van der Waals surface area contributed by atoms with Gasteiger partial charge in [-0.1, -0.05) is 12.1 Å². The number of nitrogens with one attached hydrogen (secondary N) is 1. The van der Waals surface area contributed by atoms with Crippen LogP contribution in [0.25, 0.3) is 0 Å². The van der Waals surface area contributed by atoms with E-state index in [1.807, 2.05) is 29.6 Å². The number of rotatable bonds is 4. The van der Waals surface area contributed by atoms with Crippen molar-refractivity contribution in [3.05, 3.63) is 46.4 Å². The zero-order valence-corrected chi connectivity index (χ0v) is 10.0. The predicted molar refractivity (Wildman–Crippen MR) is 68.5 cm³/mol. The van der Waals surface area contributed by atoms with E-state index >= 15 is 0 Å². The first-order chi connectivity index (χ1) is 8.24. The van der Waals surface area contributed by atoms with Gasteiger partial charge in [0.1, 0.15) is 0 Å². The number of nitrogens with zero attached hydrogens (tertiary/aromatic N) is 1. The lowest BCUT2D eigenvalue weighted by Gasteiger charge is -2.04. The van der Waals surface area contributed by atoms with Crippen molar-refractivity contribution in [2.24, 2.45) is 0 Å². The Morgan fingerprint density at radius 1 is 1.35 bits per heavy atom. The fraction of sp³-hybridized carbons (Fsp3) is 0.167. The highest BCUT2D eigenvalue weighted by molar-refractivity contribution is 7.07. The molecule has 3 N–H and O–H groups in total. The van der Waals surface area contributed by atoms with Crippen molar-refractivity contribution in [3.8, 4) is 0 Å². The minimum Gasteiger partial charge on any atom is -0.399 e. The predicted octanol–water partition coefficient (Wildman–Crippen LogP) is 1.58. The molecule has 0 aliphatic heterocycles. The second-order valence-corrected chi connectivity index (χ2v) is 4.39. The number of benzene rings is 1. The van der Waals surface area contributed by atoms with Crippen LogP contribution in [-0.4, -0.2) is 10.9 Å². The second-order valence-electron chi connectivity index (χ2n) is 3.67. The van der Waals surface area contributed by atoms with Crippen LogP contribution in [-0.2, 0) is 17.8 Å². The Hall–Kier alpha value is -1.88. The van der Waals surface area contributed by atoms with Gasteiger partial charge >= 0.3 is 0 Å². The summed E-state index contributed by atoms with van der Waals surface area (Å²) in [5.74, 6) is -0.0206. The average molecular weight is 247 g/mol. The summed E-state index contributed by atoms with van der Waals surface area (Å²) in [6.45, 7) is 0.517. The third kappa shape index (κ3) is 3.57. The summed E-state index contributed by atoms with van der Waals surface area (Å²) < 4.78 is 0. The highest BCUT2D eigenvalue weighted by Crippen LogP contribution is 2.05. The van der Waals surface area contributed by atoms with Gasteiger partial charge in [0.05, 0.1) is 17.6 Å². The minimum atomic E-state index is -0.0206. The zero-order chi connectivity index (χ0) is 12.1. The standard InChI is InChI=1S/C12H13N3OS/c13-10-3-1-9(2-4-10)6-14-12(16)5-11-7-17-8-15-11/h1-4,7-8H,5-6,13H2,(H,14,16). The molecular formula is C12H13N3OS. The van der Waals surface area contributed by atoms with Crippen molar-refractivity contribution < 1.29 is 4.79 Å². The number of anilines is 1. The molecule has 17 heavy (non-hydrogen) atoms. The smallest absolute Gasteiger partial charge is 0.226 e. The Kier molecular flexibility index (Phi) is 3.72. The van der Waals surface area contributed by atoms with Gasteiger partial charge < -0.3 is 11.1 Å². The van der Waals surface area contributed by atoms with E-state index in [2.05, 4.69) is 10.3 Å². The summed E-state index contributed by atoms with van der Waals surface area (Å²) in [5, 5.41) is 4.72. The molecule has 0 fully saturated rings. The van der Waals surface area contributed by atoms with Gasteiger partial charge in [-0.2, -0.15) is 0 Å². The van der Waals surface area contributed by atoms with E-state index in [-0.39, 0.29) is 5.91 Å². The molecule has 1 amide bonds. The van der Waals surface area contributed by atoms with Crippen LogP contribution < -0.4 is 11.1 Å². The Morgan fingerprint density at radius 2 is 2.12 bits per heavy atom. The molecule has 0 unspecified atom stereocenters. The summed E-state index contributed by atoms with van der Waals surface area (Å²) >= 11 is 1.49. The van der Waals surface area contributed by atoms with Gasteiger partial charge in [0.15, 0.2) is 0 Å². The lowest BCUT2D eigenvalue weighted by molar-refractivity contribution is -0.120. The van der Waals surface area contributed by atoms with Gasteiger partial charge in [0, 0.05) is 17.6 Å². The Balaban J connectivity index is 1.82. The molecule has 1 aromatic carbocycles. The van der Waals surface area contributed by atoms with E-state index in [9.17, 15) is 4.79 Å². The van der Waals surface area contributed by atoms with Crippen LogP contribution in [0.1, 0.15) is 11.3 Å². The van der Waals surface area contributed by atoms with Gasteiger partial charge in [0.2, 0.25) is 5.91 Å². The van der Waals surface area contributed by atoms with Gasteiger partial charge in [-0.05, 0) is 17.7 Å². The van der Waals surface area contributed by atoms with Crippen molar-refractivity contribution in [3.63, 3.8) is 0 Å². The summed E-state index contributed by atoms with van der Waals surface area (Å²) in [7, 11) is 0. The highest BCUT2D eigenvalue weighted by atomic mass is 32.1. The second kappa shape index (κ2) is 5.45. The van der Waals surface area contributed by atoms with Gasteiger partial charge in [-0.25, -0.2) is 4.98 Å². The molecule has 0 radical (unpaired) electrons. The lowest BCUT2D eigenvalue weighted by Crippen LogP contribution is -2.24. The first-order valence-corrected chi connectivity index (χ1v) is 6.16. The quantitative estimate of drug-likeness (QED) is 0.806. The average Bonchev–Trinajstić information content (AvgIpc) is 2.81. The topological polar surface area (TPSA) is 68.0 Å². The molecular weight excluding hydrogens is 234 g/mol. The van der Waals surface area contributed by atoms with Crippen LogP contribution in [0.3, 0.4) is 0 Å². The molecule has 1 aromatic heterocycles. The van der Waals surface area contributed by atoms with Crippen molar-refractivity contribution >= 4 is 22.9 Å². The summed E-state index contributed by atoms with van der Waals surface area (Å²) in [6.07, 6.45) is 0.332. The van der Waals surface area contributed by atoms with Crippen LogP contribution in [0.5, 0.6) is 0 Å². The maximum absolute atomic E-state index is 11.6. The van der Waals surface area contributed by atoms with E-state index in [0.29, 0.717) is 13.0 Å². The Bertz CT molecular complexity index is 479. The van der Waals surface area contributed by atoms with Gasteiger partial charge in [-0.15, -0.1) is 11.3 Å². The largest absolute Gasteiger partial charge is 0.399 e. The maximum atomic E-state index is 11.6. The highest BCUT2D eigenvalue weighted by Gasteiger charge is 2.04. The number of amides is 1.